The molecule has 24 heavy (non-hydrogen) atoms. The van der Waals surface area contributed by atoms with Crippen LogP contribution >= 0.6 is 0 Å². The van der Waals surface area contributed by atoms with Crippen molar-refractivity contribution in [1.29, 1.82) is 0 Å². The van der Waals surface area contributed by atoms with Crippen LogP contribution in [0.4, 0.5) is 5.82 Å². The maximum Gasteiger partial charge on any atom is 0.255 e. The molecule has 6 heteroatoms. The standard InChI is InChI=1S/C18H24N4O2/c1-12(2)16-9-15(13(3)24-16)18(23)21-14-5-4-8-22(11-14)17-10-19-6-7-20-17/h6-7,9-10,12,14H,4-5,8,11H2,1-3H3,(H,21,23)/t14-/m1/s1. The van der Waals surface area contributed by atoms with E-state index in [9.17, 15) is 4.79 Å². The number of aromatic nitrogens is 2. The fourth-order valence-electron chi connectivity index (χ4n) is 3.04. The Kier molecular flexibility index (Phi) is 4.83. The average molecular weight is 328 g/mol. The molecule has 0 bridgehead atoms. The number of hydrogen-bond donors (Lipinski definition) is 1. The molecule has 1 atom stereocenters. The fourth-order valence-corrected chi connectivity index (χ4v) is 3.04. The molecule has 1 aliphatic heterocycles. The van der Waals surface area contributed by atoms with Crippen LogP contribution in [0.1, 0.15) is 54.5 Å². The average Bonchev–Trinajstić information content (AvgIpc) is 2.98. The van der Waals surface area contributed by atoms with Crippen molar-refractivity contribution in [3.63, 3.8) is 0 Å². The largest absolute Gasteiger partial charge is 0.465 e. The molecule has 1 amide bonds. The van der Waals surface area contributed by atoms with E-state index in [0.29, 0.717) is 11.3 Å². The van der Waals surface area contributed by atoms with Gasteiger partial charge < -0.3 is 14.6 Å². The Hall–Kier alpha value is -2.37. The van der Waals surface area contributed by atoms with Crippen LogP contribution in [0.15, 0.2) is 29.1 Å². The molecule has 1 aliphatic rings. The Morgan fingerprint density at radius 1 is 1.42 bits per heavy atom. The first-order chi connectivity index (χ1) is 11.5. The summed E-state index contributed by atoms with van der Waals surface area (Å²) in [5.74, 6) is 2.60. The van der Waals surface area contributed by atoms with Gasteiger partial charge in [-0.2, -0.15) is 0 Å². The zero-order valence-electron chi connectivity index (χ0n) is 14.5. The van der Waals surface area contributed by atoms with Crippen molar-refractivity contribution < 1.29 is 9.21 Å². The molecular formula is C18H24N4O2. The highest BCUT2D eigenvalue weighted by Gasteiger charge is 2.24. The van der Waals surface area contributed by atoms with Gasteiger partial charge in [-0.05, 0) is 25.8 Å². The molecule has 0 spiro atoms. The SMILES string of the molecule is Cc1oc(C(C)C)cc1C(=O)N[C@@H]1CCCN(c2cnccn2)C1. The highest BCUT2D eigenvalue weighted by Crippen LogP contribution is 2.22. The van der Waals surface area contributed by atoms with Gasteiger partial charge in [0.15, 0.2) is 0 Å². The molecule has 1 N–H and O–H groups in total. The predicted molar refractivity (Wildman–Crippen MR) is 92.3 cm³/mol. The van der Waals surface area contributed by atoms with E-state index in [1.807, 2.05) is 13.0 Å². The van der Waals surface area contributed by atoms with E-state index >= 15 is 0 Å². The van der Waals surface area contributed by atoms with E-state index in [1.165, 1.54) is 0 Å². The summed E-state index contributed by atoms with van der Waals surface area (Å²) in [4.78, 5) is 23.2. The molecule has 1 fully saturated rings. The van der Waals surface area contributed by atoms with Crippen molar-refractivity contribution in [2.45, 2.75) is 45.6 Å². The second-order valence-electron chi connectivity index (χ2n) is 6.60. The monoisotopic (exact) mass is 328 g/mol. The van der Waals surface area contributed by atoms with E-state index < -0.39 is 0 Å². The molecule has 128 valence electrons. The molecule has 2 aromatic rings. The third-order valence-corrected chi connectivity index (χ3v) is 4.38. The van der Waals surface area contributed by atoms with Gasteiger partial charge >= 0.3 is 0 Å². The molecule has 0 aliphatic carbocycles. The van der Waals surface area contributed by atoms with Gasteiger partial charge in [0.25, 0.3) is 5.91 Å². The number of nitrogens with one attached hydrogen (secondary N) is 1. The number of carbonyl (C=O) groups is 1. The summed E-state index contributed by atoms with van der Waals surface area (Å²) in [5.41, 5.74) is 0.635. The first kappa shape index (κ1) is 16.5. The maximum absolute atomic E-state index is 12.6. The topological polar surface area (TPSA) is 71.3 Å². The molecule has 2 aromatic heterocycles. The number of anilines is 1. The molecule has 6 nitrogen and oxygen atoms in total. The number of carbonyl (C=O) groups excluding carboxylic acids is 1. The van der Waals surface area contributed by atoms with Crippen LogP contribution in [-0.2, 0) is 0 Å². The summed E-state index contributed by atoms with van der Waals surface area (Å²) in [6.07, 6.45) is 7.11. The van der Waals surface area contributed by atoms with Crippen molar-refractivity contribution in [2.75, 3.05) is 18.0 Å². The molecule has 1 saturated heterocycles. The summed E-state index contributed by atoms with van der Waals surface area (Å²) in [6, 6.07) is 1.96. The second-order valence-corrected chi connectivity index (χ2v) is 6.60. The van der Waals surface area contributed by atoms with Gasteiger partial charge in [0.2, 0.25) is 0 Å². The third kappa shape index (κ3) is 3.58. The quantitative estimate of drug-likeness (QED) is 0.934. The van der Waals surface area contributed by atoms with Gasteiger partial charge in [0, 0.05) is 37.4 Å². The second kappa shape index (κ2) is 7.03. The van der Waals surface area contributed by atoms with Crippen molar-refractivity contribution in [1.82, 2.24) is 15.3 Å². The van der Waals surface area contributed by atoms with Crippen LogP contribution in [0.2, 0.25) is 0 Å². The van der Waals surface area contributed by atoms with Crippen LogP contribution in [0, 0.1) is 6.92 Å². The summed E-state index contributed by atoms with van der Waals surface area (Å²) in [7, 11) is 0. The minimum atomic E-state index is -0.0610. The lowest BCUT2D eigenvalue weighted by atomic mass is 10.0. The Bertz CT molecular complexity index is 696. The van der Waals surface area contributed by atoms with Gasteiger partial charge in [-0.25, -0.2) is 4.98 Å². The van der Waals surface area contributed by atoms with Crippen LogP contribution in [0.5, 0.6) is 0 Å². The van der Waals surface area contributed by atoms with Crippen LogP contribution in [0.3, 0.4) is 0 Å². The molecule has 0 saturated carbocycles. The zero-order chi connectivity index (χ0) is 17.1. The number of amides is 1. The van der Waals surface area contributed by atoms with E-state index in [-0.39, 0.29) is 17.9 Å². The first-order valence-corrected chi connectivity index (χ1v) is 8.46. The fraction of sp³-hybridized carbons (Fsp3) is 0.500. The zero-order valence-corrected chi connectivity index (χ0v) is 14.5. The van der Waals surface area contributed by atoms with Crippen molar-refractivity contribution in [2.24, 2.45) is 0 Å². The van der Waals surface area contributed by atoms with Crippen LogP contribution < -0.4 is 10.2 Å². The lowest BCUT2D eigenvalue weighted by molar-refractivity contribution is 0.0931. The molecule has 0 aromatic carbocycles. The number of piperidine rings is 1. The van der Waals surface area contributed by atoms with Crippen molar-refractivity contribution in [3.8, 4) is 0 Å². The summed E-state index contributed by atoms with van der Waals surface area (Å²) < 4.78 is 5.69. The van der Waals surface area contributed by atoms with Gasteiger partial charge in [0.05, 0.1) is 11.8 Å². The number of aryl methyl sites for hydroxylation is 1. The highest BCUT2D eigenvalue weighted by atomic mass is 16.3. The summed E-state index contributed by atoms with van der Waals surface area (Å²) in [6.45, 7) is 7.64. The van der Waals surface area contributed by atoms with E-state index in [2.05, 4.69) is 34.0 Å². The summed E-state index contributed by atoms with van der Waals surface area (Å²) >= 11 is 0. The van der Waals surface area contributed by atoms with Gasteiger partial charge in [-0.1, -0.05) is 13.8 Å². The molecule has 0 unspecified atom stereocenters. The molecule has 3 heterocycles. The minimum absolute atomic E-state index is 0.0610. The third-order valence-electron chi connectivity index (χ3n) is 4.38. The Morgan fingerprint density at radius 3 is 2.92 bits per heavy atom. The van der Waals surface area contributed by atoms with Gasteiger partial charge in [-0.3, -0.25) is 9.78 Å². The molecule has 3 rings (SSSR count). The molecule has 0 radical (unpaired) electrons. The highest BCUT2D eigenvalue weighted by molar-refractivity contribution is 5.95. The Morgan fingerprint density at radius 2 is 2.25 bits per heavy atom. The maximum atomic E-state index is 12.6. The molecular weight excluding hydrogens is 304 g/mol. The Balaban J connectivity index is 1.66. The number of rotatable bonds is 4. The normalized spacial score (nSPS) is 18.0. The number of furan rings is 1. The van der Waals surface area contributed by atoms with Crippen molar-refractivity contribution >= 4 is 11.7 Å². The van der Waals surface area contributed by atoms with E-state index in [0.717, 1.165) is 37.5 Å². The Labute approximate surface area is 142 Å². The minimum Gasteiger partial charge on any atom is -0.465 e. The van der Waals surface area contributed by atoms with Crippen molar-refractivity contribution in [3.05, 3.63) is 41.7 Å². The van der Waals surface area contributed by atoms with Crippen LogP contribution in [0.25, 0.3) is 0 Å². The number of nitrogens with zero attached hydrogens (tertiary/aromatic N) is 3. The lowest BCUT2D eigenvalue weighted by Crippen LogP contribution is -2.48. The van der Waals surface area contributed by atoms with E-state index in [1.54, 1.807) is 18.6 Å². The summed E-state index contributed by atoms with van der Waals surface area (Å²) in [5, 5.41) is 3.14. The smallest absolute Gasteiger partial charge is 0.255 e. The van der Waals surface area contributed by atoms with Gasteiger partial charge in [0.1, 0.15) is 17.3 Å². The number of hydrogen-bond acceptors (Lipinski definition) is 5. The van der Waals surface area contributed by atoms with Gasteiger partial charge in [-0.15, -0.1) is 0 Å². The van der Waals surface area contributed by atoms with E-state index in [4.69, 9.17) is 4.42 Å². The predicted octanol–water partition coefficient (Wildman–Crippen LogP) is 2.90. The van der Waals surface area contributed by atoms with Crippen LogP contribution in [-0.4, -0.2) is 35.0 Å². The first-order valence-electron chi connectivity index (χ1n) is 8.46. The lowest BCUT2D eigenvalue weighted by Gasteiger charge is -2.33.